The van der Waals surface area contributed by atoms with Crippen molar-refractivity contribution in [1.82, 2.24) is 10.2 Å². The van der Waals surface area contributed by atoms with Crippen molar-refractivity contribution < 1.29 is 4.42 Å². The van der Waals surface area contributed by atoms with Crippen molar-refractivity contribution in [3.63, 3.8) is 0 Å². The van der Waals surface area contributed by atoms with Gasteiger partial charge in [-0.2, -0.15) is 0 Å². The Balaban J connectivity index is 2.22. The summed E-state index contributed by atoms with van der Waals surface area (Å²) in [5, 5.41) is 4.71. The summed E-state index contributed by atoms with van der Waals surface area (Å²) in [6, 6.07) is 8.36. The molecule has 2 aromatic rings. The number of furan rings is 1. The molecule has 1 aromatic carbocycles. The van der Waals surface area contributed by atoms with Crippen molar-refractivity contribution in [2.75, 3.05) is 20.1 Å². The van der Waals surface area contributed by atoms with Crippen molar-refractivity contribution >= 4 is 11.0 Å². The van der Waals surface area contributed by atoms with E-state index in [2.05, 4.69) is 56.2 Å². The summed E-state index contributed by atoms with van der Waals surface area (Å²) in [7, 11) is 2.19. The van der Waals surface area contributed by atoms with E-state index in [1.165, 1.54) is 10.9 Å². The average molecular weight is 288 g/mol. The fourth-order valence-electron chi connectivity index (χ4n) is 2.80. The molecule has 0 bridgehead atoms. The summed E-state index contributed by atoms with van der Waals surface area (Å²) in [5.74, 6) is 1.76. The van der Waals surface area contributed by atoms with Gasteiger partial charge in [-0.05, 0) is 32.0 Å². The van der Waals surface area contributed by atoms with Crippen LogP contribution >= 0.6 is 0 Å². The van der Waals surface area contributed by atoms with Gasteiger partial charge in [-0.3, -0.25) is 0 Å². The van der Waals surface area contributed by atoms with Gasteiger partial charge in [0.25, 0.3) is 0 Å². The zero-order valence-corrected chi connectivity index (χ0v) is 13.8. The first-order valence-corrected chi connectivity index (χ1v) is 8.00. The molecule has 21 heavy (non-hydrogen) atoms. The fourth-order valence-corrected chi connectivity index (χ4v) is 2.80. The fraction of sp³-hybridized carbons (Fsp3) is 0.556. The maximum Gasteiger partial charge on any atom is 0.134 e. The first kappa shape index (κ1) is 16.1. The molecule has 2 rings (SSSR count). The van der Waals surface area contributed by atoms with E-state index in [0.29, 0.717) is 5.92 Å². The number of nitrogens with one attached hydrogen (secondary N) is 1. The van der Waals surface area contributed by atoms with Crippen molar-refractivity contribution in [1.29, 1.82) is 0 Å². The van der Waals surface area contributed by atoms with Crippen LogP contribution in [0, 0.1) is 5.92 Å². The maximum atomic E-state index is 6.06. The van der Waals surface area contributed by atoms with E-state index in [1.807, 2.05) is 6.07 Å². The molecule has 1 N–H and O–H groups in total. The van der Waals surface area contributed by atoms with Crippen LogP contribution in [0.4, 0.5) is 0 Å². The Labute approximate surface area is 128 Å². The topological polar surface area (TPSA) is 28.4 Å². The molecule has 3 heteroatoms. The maximum absolute atomic E-state index is 6.06. The van der Waals surface area contributed by atoms with Gasteiger partial charge in [-0.15, -0.1) is 0 Å². The molecule has 0 aliphatic carbocycles. The predicted octanol–water partition coefficient (Wildman–Crippen LogP) is 4.02. The molecule has 116 valence electrons. The number of nitrogens with zero attached hydrogens (tertiary/aromatic N) is 1. The van der Waals surface area contributed by atoms with E-state index in [-0.39, 0.29) is 0 Å². The molecule has 0 amide bonds. The van der Waals surface area contributed by atoms with Gasteiger partial charge in [0.15, 0.2) is 0 Å². The summed E-state index contributed by atoms with van der Waals surface area (Å²) in [6.07, 6.45) is 1.14. The molecule has 0 aliphatic heterocycles. The third kappa shape index (κ3) is 4.32. The predicted molar refractivity (Wildman–Crippen MR) is 89.4 cm³/mol. The van der Waals surface area contributed by atoms with E-state index < -0.39 is 0 Å². The minimum atomic E-state index is 0.676. The molecule has 1 aromatic heterocycles. The van der Waals surface area contributed by atoms with Crippen molar-refractivity contribution in [3.8, 4) is 0 Å². The highest BCUT2D eigenvalue weighted by Crippen LogP contribution is 2.27. The number of benzene rings is 1. The zero-order valence-electron chi connectivity index (χ0n) is 13.8. The first-order chi connectivity index (χ1) is 10.1. The third-order valence-corrected chi connectivity index (χ3v) is 3.60. The normalized spacial score (nSPS) is 11.9. The Morgan fingerprint density at radius 3 is 2.71 bits per heavy atom. The van der Waals surface area contributed by atoms with Crippen molar-refractivity contribution in [2.45, 2.75) is 40.3 Å². The molecule has 0 spiro atoms. The number of rotatable bonds is 8. The Bertz CT molecular complexity index is 559. The second kappa shape index (κ2) is 7.62. The van der Waals surface area contributed by atoms with Crippen LogP contribution in [-0.4, -0.2) is 25.0 Å². The van der Waals surface area contributed by atoms with Gasteiger partial charge in [-0.1, -0.05) is 39.0 Å². The first-order valence-electron chi connectivity index (χ1n) is 8.00. The highest BCUT2D eigenvalue weighted by Gasteiger charge is 2.15. The minimum absolute atomic E-state index is 0.676. The third-order valence-electron chi connectivity index (χ3n) is 3.60. The number of hydrogen-bond donors (Lipinski definition) is 1. The molecule has 0 saturated heterocycles. The van der Waals surface area contributed by atoms with Crippen molar-refractivity contribution in [2.24, 2.45) is 5.92 Å². The molecule has 0 aliphatic rings. The second-order valence-corrected chi connectivity index (χ2v) is 6.27. The summed E-state index contributed by atoms with van der Waals surface area (Å²) in [6.45, 7) is 10.6. The summed E-state index contributed by atoms with van der Waals surface area (Å²) in [4.78, 5) is 2.38. The standard InChI is InChI=1S/C18H28N2O/c1-5-10-19-11-18-16(13-20(4)12-14(2)3)15-8-6-7-9-17(15)21-18/h6-9,14,19H,5,10-13H2,1-4H3. The number of fused-ring (bicyclic) bond motifs is 1. The highest BCUT2D eigenvalue weighted by molar-refractivity contribution is 5.82. The molecule has 1 heterocycles. The Morgan fingerprint density at radius 2 is 2.00 bits per heavy atom. The molecular weight excluding hydrogens is 260 g/mol. The molecular formula is C18H28N2O. The van der Waals surface area contributed by atoms with Crippen LogP contribution in [0.3, 0.4) is 0 Å². The van der Waals surface area contributed by atoms with Crippen LogP contribution in [0.1, 0.15) is 38.5 Å². The van der Waals surface area contributed by atoms with Crippen LogP contribution in [0.2, 0.25) is 0 Å². The number of para-hydroxylation sites is 1. The van der Waals surface area contributed by atoms with Gasteiger partial charge < -0.3 is 14.6 Å². The van der Waals surface area contributed by atoms with Crippen LogP contribution < -0.4 is 5.32 Å². The quantitative estimate of drug-likeness (QED) is 0.744. The van der Waals surface area contributed by atoms with Gasteiger partial charge in [0.05, 0.1) is 6.54 Å². The minimum Gasteiger partial charge on any atom is -0.459 e. The molecule has 0 unspecified atom stereocenters. The van der Waals surface area contributed by atoms with Gasteiger partial charge in [0.1, 0.15) is 11.3 Å². The average Bonchev–Trinajstić information content (AvgIpc) is 2.77. The van der Waals surface area contributed by atoms with Crippen molar-refractivity contribution in [3.05, 3.63) is 35.6 Å². The van der Waals surface area contributed by atoms with Crippen LogP contribution in [0.15, 0.2) is 28.7 Å². The lowest BCUT2D eigenvalue weighted by Crippen LogP contribution is -2.23. The van der Waals surface area contributed by atoms with E-state index in [9.17, 15) is 0 Å². The monoisotopic (exact) mass is 288 g/mol. The summed E-state index contributed by atoms with van der Waals surface area (Å²) in [5.41, 5.74) is 2.33. The summed E-state index contributed by atoms with van der Waals surface area (Å²) >= 11 is 0. The molecule has 0 fully saturated rings. The smallest absolute Gasteiger partial charge is 0.134 e. The molecule has 0 atom stereocenters. The summed E-state index contributed by atoms with van der Waals surface area (Å²) < 4.78 is 6.06. The number of hydrogen-bond acceptors (Lipinski definition) is 3. The van der Waals surface area contributed by atoms with Gasteiger partial charge in [0.2, 0.25) is 0 Å². The highest BCUT2D eigenvalue weighted by atomic mass is 16.3. The Kier molecular flexibility index (Phi) is 5.83. The van der Waals surface area contributed by atoms with Crippen LogP contribution in [0.5, 0.6) is 0 Å². The second-order valence-electron chi connectivity index (χ2n) is 6.27. The van der Waals surface area contributed by atoms with Crippen LogP contribution in [0.25, 0.3) is 11.0 Å². The lowest BCUT2D eigenvalue weighted by Gasteiger charge is -2.19. The SMILES string of the molecule is CCCNCc1oc2ccccc2c1CN(C)CC(C)C. The zero-order chi connectivity index (χ0) is 15.2. The molecule has 0 radical (unpaired) electrons. The Hall–Kier alpha value is -1.32. The Morgan fingerprint density at radius 1 is 1.24 bits per heavy atom. The van der Waals surface area contributed by atoms with Crippen LogP contribution in [-0.2, 0) is 13.1 Å². The lowest BCUT2D eigenvalue weighted by molar-refractivity contribution is 0.286. The van der Waals surface area contributed by atoms with E-state index >= 15 is 0 Å². The van der Waals surface area contributed by atoms with E-state index in [0.717, 1.165) is 43.9 Å². The molecule has 0 saturated carbocycles. The largest absolute Gasteiger partial charge is 0.459 e. The van der Waals surface area contributed by atoms with E-state index in [1.54, 1.807) is 0 Å². The van der Waals surface area contributed by atoms with Gasteiger partial charge in [0, 0.05) is 24.0 Å². The lowest BCUT2D eigenvalue weighted by atomic mass is 10.1. The molecule has 3 nitrogen and oxygen atoms in total. The van der Waals surface area contributed by atoms with E-state index in [4.69, 9.17) is 4.42 Å². The van der Waals surface area contributed by atoms with Gasteiger partial charge in [-0.25, -0.2) is 0 Å². The van der Waals surface area contributed by atoms with Gasteiger partial charge >= 0.3 is 0 Å².